The number of aromatic nitrogens is 2. The van der Waals surface area contributed by atoms with Crippen LogP contribution in [0.25, 0.3) is 10.9 Å². The van der Waals surface area contributed by atoms with Crippen LogP contribution in [0.5, 0.6) is 5.75 Å². The molecule has 33 heavy (non-hydrogen) atoms. The molecule has 1 aliphatic heterocycles. The van der Waals surface area contributed by atoms with Crippen LogP contribution in [0.15, 0.2) is 41.3 Å². The maximum Gasteiger partial charge on any atom is 0.259 e. The van der Waals surface area contributed by atoms with Crippen molar-refractivity contribution in [3.8, 4) is 5.75 Å². The van der Waals surface area contributed by atoms with Crippen molar-refractivity contribution in [3.63, 3.8) is 0 Å². The lowest BCUT2D eigenvalue weighted by Crippen LogP contribution is -2.49. The largest absolute Gasteiger partial charge is 0.492 e. The molecule has 0 atom stereocenters. The summed E-state index contributed by atoms with van der Waals surface area (Å²) in [4.78, 5) is 21.5. The average molecular weight is 490 g/mol. The van der Waals surface area contributed by atoms with Crippen LogP contribution in [0.1, 0.15) is 12.8 Å². The van der Waals surface area contributed by atoms with Gasteiger partial charge in [0.15, 0.2) is 5.75 Å². The molecule has 5 rings (SSSR count). The van der Waals surface area contributed by atoms with Crippen LogP contribution in [0, 0.1) is 0 Å². The Morgan fingerprint density at radius 3 is 2.61 bits per heavy atom. The predicted molar refractivity (Wildman–Crippen MR) is 129 cm³/mol. The summed E-state index contributed by atoms with van der Waals surface area (Å²) in [5, 5.41) is 3.74. The lowest BCUT2D eigenvalue weighted by Gasteiger charge is -2.36. The lowest BCUT2D eigenvalue weighted by molar-refractivity contribution is 0.378. The predicted octanol–water partition coefficient (Wildman–Crippen LogP) is 2.94. The Morgan fingerprint density at radius 2 is 1.91 bits per heavy atom. The second kappa shape index (κ2) is 8.51. The van der Waals surface area contributed by atoms with Gasteiger partial charge in [-0.1, -0.05) is 17.7 Å². The molecule has 1 saturated heterocycles. The lowest BCUT2D eigenvalue weighted by atomic mass is 10.2. The molecular formula is C22H24ClN5O4S. The van der Waals surface area contributed by atoms with Crippen LogP contribution in [0.3, 0.4) is 0 Å². The van der Waals surface area contributed by atoms with Crippen LogP contribution in [0.4, 0.5) is 17.1 Å². The van der Waals surface area contributed by atoms with Gasteiger partial charge < -0.3 is 19.9 Å². The first-order chi connectivity index (χ1) is 15.9. The Kier molecular flexibility index (Phi) is 5.67. The van der Waals surface area contributed by atoms with Gasteiger partial charge in [0.25, 0.3) is 5.56 Å². The first-order valence-corrected chi connectivity index (χ1v) is 12.6. The summed E-state index contributed by atoms with van der Waals surface area (Å²) < 4.78 is 32.5. The van der Waals surface area contributed by atoms with Gasteiger partial charge in [-0.05, 0) is 37.1 Å². The molecule has 0 spiro atoms. The van der Waals surface area contributed by atoms with Gasteiger partial charge in [-0.2, -0.15) is 4.31 Å². The normalized spacial score (nSPS) is 17.3. The number of nitrogens with one attached hydrogen (secondary N) is 2. The summed E-state index contributed by atoms with van der Waals surface area (Å²) in [7, 11) is -1.59. The zero-order valence-electron chi connectivity index (χ0n) is 18.0. The van der Waals surface area contributed by atoms with E-state index in [2.05, 4.69) is 20.2 Å². The zero-order chi connectivity index (χ0) is 23.2. The second-order valence-corrected chi connectivity index (χ2v) is 10.8. The van der Waals surface area contributed by atoms with Gasteiger partial charge in [0.05, 0.1) is 40.3 Å². The summed E-state index contributed by atoms with van der Waals surface area (Å²) in [6.07, 6.45) is 3.06. The van der Waals surface area contributed by atoms with Crippen molar-refractivity contribution in [1.29, 1.82) is 0 Å². The fourth-order valence-electron chi connectivity index (χ4n) is 4.25. The van der Waals surface area contributed by atoms with Crippen molar-refractivity contribution in [3.05, 3.63) is 52.0 Å². The number of ether oxygens (including phenoxy) is 1. The van der Waals surface area contributed by atoms with E-state index in [1.165, 1.54) is 6.20 Å². The molecule has 0 bridgehead atoms. The summed E-state index contributed by atoms with van der Waals surface area (Å²) in [6.45, 7) is 2.02. The molecule has 11 heteroatoms. The molecule has 2 aromatic heterocycles. The quantitative estimate of drug-likeness (QED) is 0.512. The standard InChI is InChI=1S/C22H24ClN5O4S/c1-32-21-16(25-17-13-19(23)26-15-7-8-24-22(29)20(15)17)3-2-4-18(21)27-9-11-28(12-10-27)33(30,31)14-5-6-14/h2-4,7-8,13-14H,5-6,9-12H2,1H3,(H,24,29)(H,25,26). The molecule has 1 aromatic carbocycles. The van der Waals surface area contributed by atoms with Crippen molar-refractivity contribution in [2.45, 2.75) is 18.1 Å². The molecular weight excluding hydrogens is 466 g/mol. The van der Waals surface area contributed by atoms with Crippen molar-refractivity contribution in [2.24, 2.45) is 0 Å². The van der Waals surface area contributed by atoms with E-state index in [0.29, 0.717) is 54.2 Å². The van der Waals surface area contributed by atoms with Crippen molar-refractivity contribution in [1.82, 2.24) is 14.3 Å². The summed E-state index contributed by atoms with van der Waals surface area (Å²) in [6, 6.07) is 8.99. The van der Waals surface area contributed by atoms with Crippen LogP contribution >= 0.6 is 11.6 Å². The smallest absolute Gasteiger partial charge is 0.259 e. The number of benzene rings is 1. The van der Waals surface area contributed by atoms with Crippen molar-refractivity contribution in [2.75, 3.05) is 43.5 Å². The van der Waals surface area contributed by atoms with E-state index < -0.39 is 10.0 Å². The van der Waals surface area contributed by atoms with E-state index in [4.69, 9.17) is 16.3 Å². The third kappa shape index (κ3) is 4.14. The van der Waals surface area contributed by atoms with Crippen LogP contribution in [-0.4, -0.2) is 61.2 Å². The van der Waals surface area contributed by atoms with Crippen molar-refractivity contribution >= 4 is 49.6 Å². The number of methoxy groups -OCH3 is 1. The number of aromatic amines is 1. The molecule has 1 saturated carbocycles. The number of hydrogen-bond donors (Lipinski definition) is 2. The Labute approximate surface area is 196 Å². The molecule has 3 heterocycles. The number of H-pyrrole nitrogens is 1. The number of nitrogens with zero attached hydrogens (tertiary/aromatic N) is 3. The molecule has 0 amide bonds. The summed E-state index contributed by atoms with van der Waals surface area (Å²) in [5.74, 6) is 0.601. The van der Waals surface area contributed by atoms with Gasteiger partial charge in [-0.3, -0.25) is 4.79 Å². The van der Waals surface area contributed by atoms with Gasteiger partial charge in [0.1, 0.15) is 5.15 Å². The van der Waals surface area contributed by atoms with E-state index in [1.54, 1.807) is 23.5 Å². The van der Waals surface area contributed by atoms with Gasteiger partial charge in [-0.15, -0.1) is 0 Å². The summed E-state index contributed by atoms with van der Waals surface area (Å²) in [5.41, 5.74) is 2.24. The number of piperazine rings is 1. The molecule has 0 unspecified atom stereocenters. The Morgan fingerprint density at radius 1 is 1.15 bits per heavy atom. The molecule has 174 valence electrons. The molecule has 0 radical (unpaired) electrons. The van der Waals surface area contributed by atoms with Gasteiger partial charge >= 0.3 is 0 Å². The first kappa shape index (κ1) is 22.0. The fraction of sp³-hybridized carbons (Fsp3) is 0.364. The SMILES string of the molecule is COc1c(Nc2cc(Cl)nc3cc[nH]c(=O)c23)cccc1N1CCN(S(=O)(=O)C2CC2)CC1. The maximum atomic E-state index is 12.6. The number of pyridine rings is 2. The fourth-order valence-corrected chi connectivity index (χ4v) is 6.28. The van der Waals surface area contributed by atoms with E-state index in [9.17, 15) is 13.2 Å². The van der Waals surface area contributed by atoms with Crippen LogP contribution < -0.4 is 20.5 Å². The minimum Gasteiger partial charge on any atom is -0.492 e. The minimum atomic E-state index is -3.18. The molecule has 2 N–H and O–H groups in total. The molecule has 2 fully saturated rings. The topological polar surface area (TPSA) is 108 Å². The molecule has 3 aromatic rings. The molecule has 9 nitrogen and oxygen atoms in total. The average Bonchev–Trinajstić information content (AvgIpc) is 3.65. The van der Waals surface area contributed by atoms with Gasteiger partial charge in [0, 0.05) is 32.4 Å². The van der Waals surface area contributed by atoms with E-state index in [0.717, 1.165) is 18.5 Å². The summed E-state index contributed by atoms with van der Waals surface area (Å²) >= 11 is 6.19. The number of sulfonamides is 1. The Balaban J connectivity index is 1.44. The Bertz CT molecular complexity index is 1360. The molecule has 1 aliphatic carbocycles. The number of para-hydroxylation sites is 1. The Hall–Kier alpha value is -2.82. The first-order valence-electron chi connectivity index (χ1n) is 10.7. The van der Waals surface area contributed by atoms with E-state index in [-0.39, 0.29) is 16.0 Å². The highest BCUT2D eigenvalue weighted by Gasteiger charge is 2.41. The highest BCUT2D eigenvalue weighted by atomic mass is 35.5. The minimum absolute atomic E-state index is 0.198. The number of halogens is 1. The van der Waals surface area contributed by atoms with Gasteiger partial charge in [-0.25, -0.2) is 13.4 Å². The molecule has 2 aliphatic rings. The van der Waals surface area contributed by atoms with Crippen LogP contribution in [0.2, 0.25) is 5.15 Å². The third-order valence-corrected chi connectivity index (χ3v) is 8.64. The highest BCUT2D eigenvalue weighted by Crippen LogP contribution is 2.39. The second-order valence-electron chi connectivity index (χ2n) is 8.17. The van der Waals surface area contributed by atoms with Crippen molar-refractivity contribution < 1.29 is 13.2 Å². The third-order valence-electron chi connectivity index (χ3n) is 6.05. The van der Waals surface area contributed by atoms with E-state index in [1.807, 2.05) is 18.2 Å². The van der Waals surface area contributed by atoms with E-state index >= 15 is 0 Å². The number of hydrogen-bond acceptors (Lipinski definition) is 7. The number of rotatable bonds is 6. The number of fused-ring (bicyclic) bond motifs is 1. The van der Waals surface area contributed by atoms with Gasteiger partial charge in [0.2, 0.25) is 10.0 Å². The zero-order valence-corrected chi connectivity index (χ0v) is 19.6. The number of anilines is 3. The monoisotopic (exact) mass is 489 g/mol. The van der Waals surface area contributed by atoms with Crippen LogP contribution in [-0.2, 0) is 10.0 Å². The maximum absolute atomic E-state index is 12.6. The highest BCUT2D eigenvalue weighted by molar-refractivity contribution is 7.90.